The second kappa shape index (κ2) is 5.63. The lowest BCUT2D eigenvalue weighted by atomic mass is 9.82. The summed E-state index contributed by atoms with van der Waals surface area (Å²) in [4.78, 5) is 4.32. The fraction of sp³-hybridized carbons (Fsp3) is 0.400. The van der Waals surface area contributed by atoms with Crippen molar-refractivity contribution in [1.29, 1.82) is 0 Å². The van der Waals surface area contributed by atoms with Crippen LogP contribution in [0.15, 0.2) is 41.9 Å². The molecule has 2 nitrogen and oxygen atoms in total. The number of hydrogen-bond donors (Lipinski definition) is 1. The van der Waals surface area contributed by atoms with Crippen molar-refractivity contribution in [2.75, 3.05) is 0 Å². The van der Waals surface area contributed by atoms with E-state index in [0.29, 0.717) is 6.04 Å². The van der Waals surface area contributed by atoms with Crippen LogP contribution in [0.4, 0.5) is 0 Å². The van der Waals surface area contributed by atoms with Gasteiger partial charge in [0.2, 0.25) is 0 Å². The highest BCUT2D eigenvalue weighted by molar-refractivity contribution is 7.09. The molecule has 2 aromatic rings. The summed E-state index contributed by atoms with van der Waals surface area (Å²) in [5.74, 6) is 0. The molecule has 1 heterocycles. The van der Waals surface area contributed by atoms with Crippen LogP contribution < -0.4 is 5.32 Å². The van der Waals surface area contributed by atoms with E-state index in [1.807, 2.05) is 11.6 Å². The molecule has 2 rings (SSSR count). The molecule has 0 bridgehead atoms. The zero-order valence-electron chi connectivity index (χ0n) is 11.2. The van der Waals surface area contributed by atoms with Crippen LogP contribution in [0.1, 0.15) is 37.4 Å². The summed E-state index contributed by atoms with van der Waals surface area (Å²) in [7, 11) is 0. The van der Waals surface area contributed by atoms with Gasteiger partial charge in [0.15, 0.2) is 0 Å². The van der Waals surface area contributed by atoms with Gasteiger partial charge in [-0.15, -0.1) is 11.3 Å². The van der Waals surface area contributed by atoms with E-state index >= 15 is 0 Å². The van der Waals surface area contributed by atoms with Gasteiger partial charge in [-0.1, -0.05) is 51.1 Å². The first-order valence-corrected chi connectivity index (χ1v) is 7.12. The van der Waals surface area contributed by atoms with Gasteiger partial charge in [-0.3, -0.25) is 0 Å². The molecular formula is C15H20N2S. The van der Waals surface area contributed by atoms with E-state index in [9.17, 15) is 0 Å². The first-order valence-electron chi connectivity index (χ1n) is 6.24. The summed E-state index contributed by atoms with van der Waals surface area (Å²) in [5, 5.41) is 6.78. The van der Waals surface area contributed by atoms with Crippen LogP contribution in [0, 0.1) is 5.41 Å². The number of benzene rings is 1. The van der Waals surface area contributed by atoms with Gasteiger partial charge in [0.05, 0.1) is 0 Å². The number of hydrogen-bond acceptors (Lipinski definition) is 3. The summed E-state index contributed by atoms with van der Waals surface area (Å²) >= 11 is 1.70. The first-order chi connectivity index (χ1) is 8.57. The molecule has 0 saturated carbocycles. The van der Waals surface area contributed by atoms with E-state index in [0.717, 1.165) is 11.6 Å². The SMILES string of the molecule is CC(C)(C)C(NCc1nccs1)c1ccccc1. The van der Waals surface area contributed by atoms with E-state index in [2.05, 4.69) is 61.4 Å². The van der Waals surface area contributed by atoms with Crippen LogP contribution in [-0.2, 0) is 6.54 Å². The summed E-state index contributed by atoms with van der Waals surface area (Å²) < 4.78 is 0. The van der Waals surface area contributed by atoms with Crippen molar-refractivity contribution in [3.63, 3.8) is 0 Å². The number of thiazole rings is 1. The molecule has 0 aliphatic heterocycles. The van der Waals surface area contributed by atoms with Gasteiger partial charge < -0.3 is 5.32 Å². The smallest absolute Gasteiger partial charge is 0.106 e. The molecule has 1 aromatic carbocycles. The van der Waals surface area contributed by atoms with Gasteiger partial charge in [0, 0.05) is 24.2 Å². The Hall–Kier alpha value is -1.19. The molecule has 0 amide bonds. The maximum absolute atomic E-state index is 4.32. The fourth-order valence-corrected chi connectivity index (χ4v) is 2.67. The van der Waals surface area contributed by atoms with Crippen molar-refractivity contribution < 1.29 is 0 Å². The summed E-state index contributed by atoms with van der Waals surface area (Å²) in [6.45, 7) is 7.62. The maximum atomic E-state index is 4.32. The van der Waals surface area contributed by atoms with E-state index in [-0.39, 0.29) is 5.41 Å². The summed E-state index contributed by atoms with van der Waals surface area (Å²) in [5.41, 5.74) is 1.51. The Morgan fingerprint density at radius 1 is 1.22 bits per heavy atom. The zero-order valence-corrected chi connectivity index (χ0v) is 12.0. The van der Waals surface area contributed by atoms with Gasteiger partial charge in [-0.05, 0) is 11.0 Å². The number of nitrogens with zero attached hydrogens (tertiary/aromatic N) is 1. The van der Waals surface area contributed by atoms with E-state index in [4.69, 9.17) is 0 Å². The number of nitrogens with one attached hydrogen (secondary N) is 1. The molecule has 0 fully saturated rings. The fourth-order valence-electron chi connectivity index (χ4n) is 2.10. The van der Waals surface area contributed by atoms with Gasteiger partial charge in [-0.25, -0.2) is 4.98 Å². The highest BCUT2D eigenvalue weighted by atomic mass is 32.1. The minimum absolute atomic E-state index is 0.179. The largest absolute Gasteiger partial charge is 0.303 e. The van der Waals surface area contributed by atoms with Crippen LogP contribution in [0.25, 0.3) is 0 Å². The molecule has 0 radical (unpaired) electrons. The Kier molecular flexibility index (Phi) is 4.15. The Morgan fingerprint density at radius 3 is 2.50 bits per heavy atom. The first kappa shape index (κ1) is 13.2. The summed E-state index contributed by atoms with van der Waals surface area (Å²) in [6, 6.07) is 11.0. The second-order valence-corrected chi connectivity index (χ2v) is 6.50. The van der Waals surface area contributed by atoms with Crippen LogP contribution in [0.2, 0.25) is 0 Å². The molecule has 1 aromatic heterocycles. The quantitative estimate of drug-likeness (QED) is 0.898. The van der Waals surface area contributed by atoms with E-state index in [1.54, 1.807) is 11.3 Å². The highest BCUT2D eigenvalue weighted by Gasteiger charge is 2.25. The molecule has 18 heavy (non-hydrogen) atoms. The zero-order chi connectivity index (χ0) is 13.0. The predicted octanol–water partition coefficient (Wildman–Crippen LogP) is 4.02. The van der Waals surface area contributed by atoms with Gasteiger partial charge in [0.25, 0.3) is 0 Å². The van der Waals surface area contributed by atoms with E-state index < -0.39 is 0 Å². The maximum Gasteiger partial charge on any atom is 0.106 e. The van der Waals surface area contributed by atoms with Gasteiger partial charge >= 0.3 is 0 Å². The summed E-state index contributed by atoms with van der Waals surface area (Å²) in [6.07, 6.45) is 1.86. The highest BCUT2D eigenvalue weighted by Crippen LogP contribution is 2.32. The third-order valence-electron chi connectivity index (χ3n) is 2.94. The average molecular weight is 260 g/mol. The van der Waals surface area contributed by atoms with Crippen LogP contribution in [0.3, 0.4) is 0 Å². The normalized spacial score (nSPS) is 13.5. The van der Waals surface area contributed by atoms with Gasteiger partial charge in [0.1, 0.15) is 5.01 Å². The molecule has 1 N–H and O–H groups in total. The number of rotatable bonds is 4. The molecule has 0 spiro atoms. The Balaban J connectivity index is 2.12. The molecule has 0 aliphatic carbocycles. The standard InChI is InChI=1S/C15H20N2S/c1-15(2,3)14(12-7-5-4-6-8-12)17-11-13-16-9-10-18-13/h4-10,14,17H,11H2,1-3H3. The van der Waals surface area contributed by atoms with Crippen molar-refractivity contribution in [3.05, 3.63) is 52.5 Å². The lowest BCUT2D eigenvalue weighted by molar-refractivity contribution is 0.271. The minimum atomic E-state index is 0.179. The minimum Gasteiger partial charge on any atom is -0.303 e. The Morgan fingerprint density at radius 2 is 1.94 bits per heavy atom. The van der Waals surface area contributed by atoms with Crippen molar-refractivity contribution >= 4 is 11.3 Å². The Labute approximate surface area is 113 Å². The van der Waals surface area contributed by atoms with Crippen molar-refractivity contribution in [3.8, 4) is 0 Å². The number of aromatic nitrogens is 1. The lowest BCUT2D eigenvalue weighted by Crippen LogP contribution is -2.31. The topological polar surface area (TPSA) is 24.9 Å². The van der Waals surface area contributed by atoms with Crippen LogP contribution in [0.5, 0.6) is 0 Å². The third-order valence-corrected chi connectivity index (χ3v) is 3.72. The molecule has 0 aliphatic rings. The lowest BCUT2D eigenvalue weighted by Gasteiger charge is -2.32. The Bertz CT molecular complexity index is 457. The second-order valence-electron chi connectivity index (χ2n) is 5.52. The van der Waals surface area contributed by atoms with Crippen LogP contribution >= 0.6 is 11.3 Å². The predicted molar refractivity (Wildman–Crippen MR) is 77.6 cm³/mol. The molecule has 3 heteroatoms. The third kappa shape index (κ3) is 3.40. The van der Waals surface area contributed by atoms with Crippen molar-refractivity contribution in [2.24, 2.45) is 5.41 Å². The molecule has 0 saturated heterocycles. The van der Waals surface area contributed by atoms with Crippen molar-refractivity contribution in [2.45, 2.75) is 33.4 Å². The van der Waals surface area contributed by atoms with E-state index in [1.165, 1.54) is 5.56 Å². The van der Waals surface area contributed by atoms with Crippen molar-refractivity contribution in [1.82, 2.24) is 10.3 Å². The average Bonchev–Trinajstić information content (AvgIpc) is 2.82. The molecule has 1 atom stereocenters. The molecule has 96 valence electrons. The van der Waals surface area contributed by atoms with Crippen LogP contribution in [-0.4, -0.2) is 4.98 Å². The monoisotopic (exact) mass is 260 g/mol. The molecular weight excluding hydrogens is 240 g/mol. The molecule has 1 unspecified atom stereocenters. The van der Waals surface area contributed by atoms with Gasteiger partial charge in [-0.2, -0.15) is 0 Å².